The van der Waals surface area contributed by atoms with Crippen molar-refractivity contribution in [3.8, 4) is 0 Å². The second-order valence-corrected chi connectivity index (χ2v) is 3.69. The fraction of sp³-hybridized carbons (Fsp3) is 0.727. The molecule has 0 spiro atoms. The van der Waals surface area contributed by atoms with E-state index in [1.807, 2.05) is 14.0 Å². The van der Waals surface area contributed by atoms with Gasteiger partial charge in [-0.3, -0.25) is 4.79 Å². The molecule has 0 saturated heterocycles. The molecule has 0 aromatic carbocycles. The summed E-state index contributed by atoms with van der Waals surface area (Å²) in [5.41, 5.74) is 1.05. The van der Waals surface area contributed by atoms with Crippen LogP contribution in [0.25, 0.3) is 0 Å². The average molecular weight is 198 g/mol. The molecule has 0 aliphatic rings. The number of hydrogen-bond donors (Lipinski definition) is 2. The Kier molecular flexibility index (Phi) is 6.21. The lowest BCUT2D eigenvalue weighted by atomic mass is 9.90. The molecule has 0 fully saturated rings. The molecule has 0 rings (SSSR count). The smallest absolute Gasteiger partial charge is 0.224 e. The summed E-state index contributed by atoms with van der Waals surface area (Å²) in [7, 11) is 3.57. The molecule has 0 heterocycles. The monoisotopic (exact) mass is 198 g/mol. The van der Waals surface area contributed by atoms with Crippen LogP contribution in [-0.4, -0.2) is 26.0 Å². The van der Waals surface area contributed by atoms with Gasteiger partial charge in [0.05, 0.1) is 5.92 Å². The third-order valence-corrected chi connectivity index (χ3v) is 2.45. The largest absolute Gasteiger partial charge is 0.359 e. The van der Waals surface area contributed by atoms with Crippen LogP contribution in [0.15, 0.2) is 12.2 Å². The van der Waals surface area contributed by atoms with E-state index in [1.54, 1.807) is 7.05 Å². The van der Waals surface area contributed by atoms with Crippen LogP contribution in [0.3, 0.4) is 0 Å². The first-order chi connectivity index (χ1) is 6.56. The van der Waals surface area contributed by atoms with Crippen molar-refractivity contribution in [1.82, 2.24) is 10.6 Å². The first-order valence-electron chi connectivity index (χ1n) is 5.10. The molecule has 14 heavy (non-hydrogen) atoms. The van der Waals surface area contributed by atoms with Gasteiger partial charge in [-0.25, -0.2) is 0 Å². The van der Waals surface area contributed by atoms with Crippen molar-refractivity contribution in [1.29, 1.82) is 0 Å². The quantitative estimate of drug-likeness (QED) is 0.632. The lowest BCUT2D eigenvalue weighted by Crippen LogP contribution is -2.42. The second-order valence-electron chi connectivity index (χ2n) is 3.69. The first kappa shape index (κ1) is 13.2. The number of nitrogens with one attached hydrogen (secondary N) is 2. The molecule has 2 N–H and O–H groups in total. The Hall–Kier alpha value is -0.830. The van der Waals surface area contributed by atoms with Gasteiger partial charge in [0.25, 0.3) is 0 Å². The molecule has 82 valence electrons. The van der Waals surface area contributed by atoms with E-state index < -0.39 is 0 Å². The van der Waals surface area contributed by atoms with Gasteiger partial charge in [-0.15, -0.1) is 6.58 Å². The zero-order valence-electron chi connectivity index (χ0n) is 9.68. The lowest BCUT2D eigenvalue weighted by molar-refractivity contribution is -0.125. The van der Waals surface area contributed by atoms with Crippen LogP contribution in [-0.2, 0) is 4.79 Å². The first-order valence-corrected chi connectivity index (χ1v) is 5.10. The number of rotatable bonds is 6. The fourth-order valence-electron chi connectivity index (χ4n) is 1.67. The topological polar surface area (TPSA) is 41.1 Å². The summed E-state index contributed by atoms with van der Waals surface area (Å²) in [6, 6.07) is 0.228. The summed E-state index contributed by atoms with van der Waals surface area (Å²) in [5, 5.41) is 5.87. The van der Waals surface area contributed by atoms with E-state index in [2.05, 4.69) is 24.1 Å². The highest BCUT2D eigenvalue weighted by molar-refractivity contribution is 5.79. The van der Waals surface area contributed by atoms with Crippen molar-refractivity contribution in [3.63, 3.8) is 0 Å². The van der Waals surface area contributed by atoms with Crippen molar-refractivity contribution in [2.24, 2.45) is 5.92 Å². The van der Waals surface area contributed by atoms with Crippen LogP contribution < -0.4 is 10.6 Å². The molecule has 0 aromatic rings. The summed E-state index contributed by atoms with van der Waals surface area (Å²) >= 11 is 0. The predicted octanol–water partition coefficient (Wildman–Crippen LogP) is 1.31. The molecule has 0 aromatic heterocycles. The molecule has 3 nitrogen and oxygen atoms in total. The van der Waals surface area contributed by atoms with E-state index in [9.17, 15) is 4.79 Å². The van der Waals surface area contributed by atoms with Gasteiger partial charge in [0.15, 0.2) is 0 Å². The molecule has 0 aliphatic heterocycles. The summed E-state index contributed by atoms with van der Waals surface area (Å²) in [4.78, 5) is 11.6. The Balaban J connectivity index is 4.51. The predicted molar refractivity (Wildman–Crippen MR) is 60.1 cm³/mol. The van der Waals surface area contributed by atoms with Crippen LogP contribution in [0, 0.1) is 5.92 Å². The molecule has 0 saturated carbocycles. The molecule has 1 amide bonds. The van der Waals surface area contributed by atoms with Gasteiger partial charge in [-0.05, 0) is 26.8 Å². The zero-order chi connectivity index (χ0) is 11.1. The molecule has 2 atom stereocenters. The van der Waals surface area contributed by atoms with Gasteiger partial charge in [-0.2, -0.15) is 0 Å². The minimum absolute atomic E-state index is 0.00694. The molecular weight excluding hydrogens is 176 g/mol. The lowest BCUT2D eigenvalue weighted by Gasteiger charge is -2.24. The zero-order valence-corrected chi connectivity index (χ0v) is 9.68. The van der Waals surface area contributed by atoms with Gasteiger partial charge in [0, 0.05) is 13.1 Å². The third kappa shape index (κ3) is 3.92. The number of carbonyl (C=O) groups excluding carboxylic acids is 1. The second kappa shape index (κ2) is 6.60. The molecule has 3 heteroatoms. The minimum Gasteiger partial charge on any atom is -0.359 e. The standard InChI is InChI=1S/C11H22N2O/c1-6-10(12-4)9(7-8(2)3)11(14)13-5/h9-10,12H,2,6-7H2,1,3-5H3,(H,13,14). The Morgan fingerprint density at radius 2 is 2.00 bits per heavy atom. The summed E-state index contributed by atoms with van der Waals surface area (Å²) in [5.74, 6) is 0.0849. The van der Waals surface area contributed by atoms with Crippen LogP contribution in [0.1, 0.15) is 26.7 Å². The van der Waals surface area contributed by atoms with E-state index >= 15 is 0 Å². The van der Waals surface area contributed by atoms with Crippen LogP contribution >= 0.6 is 0 Å². The van der Waals surface area contributed by atoms with Gasteiger partial charge >= 0.3 is 0 Å². The number of amides is 1. The Morgan fingerprint density at radius 1 is 1.43 bits per heavy atom. The van der Waals surface area contributed by atoms with Crippen molar-refractivity contribution in [3.05, 3.63) is 12.2 Å². The van der Waals surface area contributed by atoms with Gasteiger partial charge < -0.3 is 10.6 Å². The average Bonchev–Trinajstić information content (AvgIpc) is 2.16. The maximum Gasteiger partial charge on any atom is 0.224 e. The molecular formula is C11H22N2O. The maximum atomic E-state index is 11.6. The maximum absolute atomic E-state index is 11.6. The Bertz CT molecular complexity index is 197. The SMILES string of the molecule is C=C(C)CC(C(=O)NC)C(CC)NC. The van der Waals surface area contributed by atoms with Crippen LogP contribution in [0.5, 0.6) is 0 Å². The van der Waals surface area contributed by atoms with Gasteiger partial charge in [0.1, 0.15) is 0 Å². The van der Waals surface area contributed by atoms with Crippen molar-refractivity contribution < 1.29 is 4.79 Å². The number of carbonyl (C=O) groups is 1. The van der Waals surface area contributed by atoms with E-state index in [4.69, 9.17) is 0 Å². The van der Waals surface area contributed by atoms with Crippen molar-refractivity contribution in [2.45, 2.75) is 32.7 Å². The summed E-state index contributed by atoms with van der Waals surface area (Å²) in [6.45, 7) is 7.89. The van der Waals surface area contributed by atoms with E-state index in [0.29, 0.717) is 0 Å². The summed E-state index contributed by atoms with van der Waals surface area (Å²) < 4.78 is 0. The highest BCUT2D eigenvalue weighted by Crippen LogP contribution is 2.16. The van der Waals surface area contributed by atoms with E-state index in [-0.39, 0.29) is 17.9 Å². The minimum atomic E-state index is -0.00694. The fourth-order valence-corrected chi connectivity index (χ4v) is 1.67. The molecule has 2 unspecified atom stereocenters. The summed E-state index contributed by atoms with van der Waals surface area (Å²) in [6.07, 6.45) is 1.70. The van der Waals surface area contributed by atoms with Crippen molar-refractivity contribution >= 4 is 5.91 Å². The Labute approximate surface area is 87.0 Å². The van der Waals surface area contributed by atoms with Crippen LogP contribution in [0.4, 0.5) is 0 Å². The number of allylic oxidation sites excluding steroid dienone is 1. The highest BCUT2D eigenvalue weighted by Gasteiger charge is 2.24. The molecule has 0 radical (unpaired) electrons. The van der Waals surface area contributed by atoms with Gasteiger partial charge in [-0.1, -0.05) is 12.5 Å². The van der Waals surface area contributed by atoms with E-state index in [1.165, 1.54) is 0 Å². The van der Waals surface area contributed by atoms with Crippen LogP contribution in [0.2, 0.25) is 0 Å². The Morgan fingerprint density at radius 3 is 2.29 bits per heavy atom. The van der Waals surface area contributed by atoms with Crippen molar-refractivity contribution in [2.75, 3.05) is 14.1 Å². The number of hydrogen-bond acceptors (Lipinski definition) is 2. The third-order valence-electron chi connectivity index (χ3n) is 2.45. The molecule has 0 bridgehead atoms. The highest BCUT2D eigenvalue weighted by atomic mass is 16.1. The molecule has 0 aliphatic carbocycles. The van der Waals surface area contributed by atoms with E-state index in [0.717, 1.165) is 18.4 Å². The van der Waals surface area contributed by atoms with Gasteiger partial charge in [0.2, 0.25) is 5.91 Å². The normalized spacial score (nSPS) is 14.6.